The van der Waals surface area contributed by atoms with Gasteiger partial charge in [0.05, 0.1) is 5.69 Å². The molecule has 0 aliphatic heterocycles. The molecule has 0 fully saturated rings. The van der Waals surface area contributed by atoms with Crippen LogP contribution in [0.15, 0.2) is 41.0 Å². The van der Waals surface area contributed by atoms with Crippen molar-refractivity contribution in [3.05, 3.63) is 52.1 Å². The van der Waals surface area contributed by atoms with E-state index >= 15 is 0 Å². The number of aromatic nitrogens is 1. The lowest BCUT2D eigenvalue weighted by Crippen LogP contribution is -2.05. The van der Waals surface area contributed by atoms with Crippen LogP contribution in [0.4, 0.5) is 11.5 Å². The van der Waals surface area contributed by atoms with E-state index in [4.69, 9.17) is 5.73 Å². The Balaban J connectivity index is 2.07. The van der Waals surface area contributed by atoms with E-state index in [-0.39, 0.29) is 0 Å². The normalized spacial score (nSPS) is 10.2. The molecule has 0 aliphatic carbocycles. The Hall–Kier alpha value is -1.55. The van der Waals surface area contributed by atoms with Gasteiger partial charge in [0.15, 0.2) is 0 Å². The molecule has 0 amide bonds. The smallest absolute Gasteiger partial charge is 0.149 e. The zero-order chi connectivity index (χ0) is 12.3. The molecule has 0 saturated carbocycles. The van der Waals surface area contributed by atoms with Crippen LogP contribution in [0.3, 0.4) is 0 Å². The quantitative estimate of drug-likeness (QED) is 0.912. The molecule has 3 nitrogen and oxygen atoms in total. The fraction of sp³-hybridized carbons (Fsp3) is 0.154. The molecule has 1 heterocycles. The van der Waals surface area contributed by atoms with E-state index in [9.17, 15) is 0 Å². The predicted octanol–water partition coefficient (Wildman–Crippen LogP) is 3.35. The zero-order valence-corrected chi connectivity index (χ0v) is 11.2. The molecule has 0 spiro atoms. The van der Waals surface area contributed by atoms with Crippen LogP contribution < -0.4 is 11.1 Å². The molecule has 0 radical (unpaired) electrons. The second-order valence-electron chi connectivity index (χ2n) is 3.87. The Morgan fingerprint density at radius 2 is 1.94 bits per heavy atom. The topological polar surface area (TPSA) is 50.9 Å². The van der Waals surface area contributed by atoms with Gasteiger partial charge in [0.25, 0.3) is 0 Å². The van der Waals surface area contributed by atoms with Crippen LogP contribution in [0.2, 0.25) is 0 Å². The van der Waals surface area contributed by atoms with Crippen molar-refractivity contribution in [1.82, 2.24) is 4.98 Å². The van der Waals surface area contributed by atoms with Crippen LogP contribution in [0, 0.1) is 6.92 Å². The van der Waals surface area contributed by atoms with Crippen LogP contribution in [0.5, 0.6) is 0 Å². The highest BCUT2D eigenvalue weighted by Crippen LogP contribution is 2.19. The Morgan fingerprint density at radius 3 is 2.65 bits per heavy atom. The van der Waals surface area contributed by atoms with Crippen molar-refractivity contribution in [2.45, 2.75) is 13.5 Å². The number of pyridine rings is 1. The predicted molar refractivity (Wildman–Crippen MR) is 74.9 cm³/mol. The van der Waals surface area contributed by atoms with Crippen molar-refractivity contribution in [3.8, 4) is 0 Å². The SMILES string of the molecule is Cc1ccnc(NCc2ccc(Br)cc2)c1N. The Bertz CT molecular complexity index is 509. The number of nitrogens with zero attached hydrogens (tertiary/aromatic N) is 1. The summed E-state index contributed by atoms with van der Waals surface area (Å²) < 4.78 is 1.08. The fourth-order valence-electron chi connectivity index (χ4n) is 1.50. The molecular weight excluding hydrogens is 278 g/mol. The van der Waals surface area contributed by atoms with E-state index in [1.165, 1.54) is 5.56 Å². The van der Waals surface area contributed by atoms with Crippen molar-refractivity contribution in [2.24, 2.45) is 0 Å². The molecule has 1 aromatic heterocycles. The van der Waals surface area contributed by atoms with Gasteiger partial charge >= 0.3 is 0 Å². The van der Waals surface area contributed by atoms with E-state index < -0.39 is 0 Å². The Labute approximate surface area is 109 Å². The lowest BCUT2D eigenvalue weighted by molar-refractivity contribution is 1.11. The largest absolute Gasteiger partial charge is 0.396 e. The number of anilines is 2. The maximum absolute atomic E-state index is 5.94. The molecule has 2 rings (SSSR count). The number of rotatable bonds is 3. The third-order valence-electron chi connectivity index (χ3n) is 2.58. The fourth-order valence-corrected chi connectivity index (χ4v) is 1.76. The van der Waals surface area contributed by atoms with E-state index in [0.717, 1.165) is 15.9 Å². The van der Waals surface area contributed by atoms with Gasteiger partial charge in [-0.25, -0.2) is 4.98 Å². The van der Waals surface area contributed by atoms with Gasteiger partial charge in [0.2, 0.25) is 0 Å². The molecular formula is C13H14BrN3. The minimum atomic E-state index is 0.713. The third-order valence-corrected chi connectivity index (χ3v) is 3.11. The molecule has 0 atom stereocenters. The number of hydrogen-bond donors (Lipinski definition) is 2. The van der Waals surface area contributed by atoms with Gasteiger partial charge in [-0.1, -0.05) is 28.1 Å². The second-order valence-corrected chi connectivity index (χ2v) is 4.79. The summed E-state index contributed by atoms with van der Waals surface area (Å²) in [7, 11) is 0. The number of nitrogen functional groups attached to an aromatic ring is 1. The highest BCUT2D eigenvalue weighted by Gasteiger charge is 2.02. The second kappa shape index (κ2) is 5.19. The van der Waals surface area contributed by atoms with Crippen LogP contribution in [0.1, 0.15) is 11.1 Å². The van der Waals surface area contributed by atoms with Gasteiger partial charge < -0.3 is 11.1 Å². The lowest BCUT2D eigenvalue weighted by Gasteiger charge is -2.09. The minimum Gasteiger partial charge on any atom is -0.396 e. The molecule has 2 aromatic rings. The van der Waals surface area contributed by atoms with Gasteiger partial charge in [-0.05, 0) is 36.2 Å². The van der Waals surface area contributed by atoms with E-state index in [0.29, 0.717) is 12.2 Å². The number of benzene rings is 1. The molecule has 3 N–H and O–H groups in total. The van der Waals surface area contributed by atoms with Crippen molar-refractivity contribution in [2.75, 3.05) is 11.1 Å². The maximum atomic E-state index is 5.94. The summed E-state index contributed by atoms with van der Waals surface area (Å²) in [6.07, 6.45) is 1.76. The van der Waals surface area contributed by atoms with Gasteiger partial charge in [-0.3, -0.25) is 0 Å². The average Bonchev–Trinajstić information content (AvgIpc) is 2.33. The summed E-state index contributed by atoms with van der Waals surface area (Å²) in [6.45, 7) is 2.69. The summed E-state index contributed by atoms with van der Waals surface area (Å²) in [6, 6.07) is 10.1. The monoisotopic (exact) mass is 291 g/mol. The van der Waals surface area contributed by atoms with Gasteiger partial charge in [-0.2, -0.15) is 0 Å². The average molecular weight is 292 g/mol. The molecule has 17 heavy (non-hydrogen) atoms. The highest BCUT2D eigenvalue weighted by molar-refractivity contribution is 9.10. The molecule has 4 heteroatoms. The van der Waals surface area contributed by atoms with Crippen molar-refractivity contribution >= 4 is 27.4 Å². The van der Waals surface area contributed by atoms with E-state index in [1.54, 1.807) is 6.20 Å². The third kappa shape index (κ3) is 2.97. The van der Waals surface area contributed by atoms with Gasteiger partial charge in [0, 0.05) is 17.2 Å². The van der Waals surface area contributed by atoms with Crippen molar-refractivity contribution in [1.29, 1.82) is 0 Å². The number of nitrogens with two attached hydrogens (primary N) is 1. The zero-order valence-electron chi connectivity index (χ0n) is 9.57. The highest BCUT2D eigenvalue weighted by atomic mass is 79.9. The number of nitrogens with one attached hydrogen (secondary N) is 1. The lowest BCUT2D eigenvalue weighted by atomic mass is 10.2. The van der Waals surface area contributed by atoms with E-state index in [2.05, 4.69) is 38.4 Å². The summed E-state index contributed by atoms with van der Waals surface area (Å²) in [4.78, 5) is 4.23. The van der Waals surface area contributed by atoms with E-state index in [1.807, 2.05) is 25.1 Å². The van der Waals surface area contributed by atoms with Gasteiger partial charge in [-0.15, -0.1) is 0 Å². The first-order valence-electron chi connectivity index (χ1n) is 5.36. The molecule has 0 bridgehead atoms. The van der Waals surface area contributed by atoms with Crippen LogP contribution >= 0.6 is 15.9 Å². The first-order chi connectivity index (χ1) is 8.16. The standard InChI is InChI=1S/C13H14BrN3/c1-9-6-7-16-13(12(9)15)17-8-10-2-4-11(14)5-3-10/h2-7H,8,15H2,1H3,(H,16,17). The Kier molecular flexibility index (Phi) is 3.64. The Morgan fingerprint density at radius 1 is 1.24 bits per heavy atom. The van der Waals surface area contributed by atoms with Crippen LogP contribution in [0.25, 0.3) is 0 Å². The molecule has 0 saturated heterocycles. The first-order valence-corrected chi connectivity index (χ1v) is 6.15. The summed E-state index contributed by atoms with van der Waals surface area (Å²) in [5, 5.41) is 3.24. The summed E-state index contributed by atoms with van der Waals surface area (Å²) in [5.41, 5.74) is 8.88. The number of hydrogen-bond acceptors (Lipinski definition) is 3. The van der Waals surface area contributed by atoms with Crippen LogP contribution in [-0.4, -0.2) is 4.98 Å². The minimum absolute atomic E-state index is 0.713. The molecule has 1 aromatic carbocycles. The maximum Gasteiger partial charge on any atom is 0.149 e. The summed E-state index contributed by atoms with van der Waals surface area (Å²) in [5.74, 6) is 0.743. The summed E-state index contributed by atoms with van der Waals surface area (Å²) >= 11 is 3.41. The van der Waals surface area contributed by atoms with Gasteiger partial charge in [0.1, 0.15) is 5.82 Å². The number of aryl methyl sites for hydroxylation is 1. The molecule has 0 unspecified atom stereocenters. The first kappa shape index (κ1) is 11.9. The van der Waals surface area contributed by atoms with Crippen LogP contribution in [-0.2, 0) is 6.54 Å². The molecule has 88 valence electrons. The molecule has 0 aliphatic rings. The number of halogens is 1. The van der Waals surface area contributed by atoms with Crippen molar-refractivity contribution in [3.63, 3.8) is 0 Å². The van der Waals surface area contributed by atoms with Crippen molar-refractivity contribution < 1.29 is 0 Å².